The molecule has 26 heteroatoms. The zero-order valence-corrected chi connectivity index (χ0v) is 56.3. The molecule has 9 N–H and O–H groups in total. The lowest BCUT2D eigenvalue weighted by Gasteiger charge is -2.36. The molecule has 1 aliphatic carbocycles. The van der Waals surface area contributed by atoms with E-state index in [9.17, 15) is 48.6 Å². The lowest BCUT2D eigenvalue weighted by molar-refractivity contribution is -0.159. The number of ether oxygens (including phenoxy) is 5. The van der Waals surface area contributed by atoms with Crippen molar-refractivity contribution in [2.45, 2.75) is 157 Å². The molecule has 518 valence electrons. The van der Waals surface area contributed by atoms with Crippen molar-refractivity contribution in [3.05, 3.63) is 118 Å². The molecule has 97 heavy (non-hydrogen) atoms. The second-order valence-electron chi connectivity index (χ2n) is 25.5. The van der Waals surface area contributed by atoms with Crippen molar-refractivity contribution in [3.63, 3.8) is 0 Å². The number of nitrogens with one attached hydrogen (secondary N) is 5. The van der Waals surface area contributed by atoms with Crippen molar-refractivity contribution in [1.82, 2.24) is 25.8 Å². The van der Waals surface area contributed by atoms with Crippen LogP contribution >= 0.6 is 0 Å². The molecular formula is C71H86N8O18. The molecule has 3 aromatic rings. The highest BCUT2D eigenvalue weighted by Gasteiger charge is 2.50. The number of methoxy groups -OCH3 is 1. The van der Waals surface area contributed by atoms with Crippen molar-refractivity contribution < 1.29 is 81.5 Å². The van der Waals surface area contributed by atoms with Crippen molar-refractivity contribution in [2.24, 2.45) is 35.3 Å². The summed E-state index contributed by atoms with van der Waals surface area (Å²) in [4.78, 5) is 139. The van der Waals surface area contributed by atoms with Gasteiger partial charge in [0.15, 0.2) is 11.3 Å². The van der Waals surface area contributed by atoms with Gasteiger partial charge >= 0.3 is 17.8 Å². The Labute approximate surface area is 561 Å². The van der Waals surface area contributed by atoms with Crippen LogP contribution in [0.5, 0.6) is 17.2 Å². The predicted octanol–water partition coefficient (Wildman–Crippen LogP) is 8.06. The number of amides is 8. The number of hydrogen-bond donors (Lipinski definition) is 8. The Balaban J connectivity index is 1.07. The number of Topliss-reactive ketones (excluding diaryl/α,β-unsaturated/α-hetero) is 1. The molecule has 1 unspecified atom stereocenters. The molecule has 4 heterocycles. The number of nitrogens with zero attached hydrogens (tertiary/aromatic N) is 2. The van der Waals surface area contributed by atoms with E-state index in [1.807, 2.05) is 19.9 Å². The van der Waals surface area contributed by atoms with Crippen LogP contribution in [-0.2, 0) is 54.4 Å². The number of carbonyl (C=O) groups is 9. The van der Waals surface area contributed by atoms with Gasteiger partial charge in [-0.25, -0.2) is 9.78 Å². The van der Waals surface area contributed by atoms with Crippen LogP contribution in [0.1, 0.15) is 129 Å². The number of nitrogens with two attached hydrogens (primary N) is 1. The van der Waals surface area contributed by atoms with E-state index in [1.165, 1.54) is 52.4 Å². The highest BCUT2D eigenvalue weighted by Crippen LogP contribution is 2.51. The second kappa shape index (κ2) is 31.7. The largest absolute Gasteiger partial charge is 0.507 e. The topological polar surface area (TPSA) is 373 Å². The molecular weight excluding hydrogens is 1250 g/mol. The molecule has 0 saturated heterocycles. The Morgan fingerprint density at radius 1 is 0.897 bits per heavy atom. The Morgan fingerprint density at radius 3 is 2.28 bits per heavy atom. The van der Waals surface area contributed by atoms with E-state index in [1.54, 1.807) is 89.2 Å². The number of ketones is 1. The summed E-state index contributed by atoms with van der Waals surface area (Å²) in [5.41, 5.74) is 4.95. The summed E-state index contributed by atoms with van der Waals surface area (Å²) < 4.78 is 37.2. The first-order valence-electron chi connectivity index (χ1n) is 32.4. The minimum Gasteiger partial charge on any atom is -0.507 e. The van der Waals surface area contributed by atoms with Gasteiger partial charge in [-0.1, -0.05) is 84.4 Å². The average Bonchev–Trinajstić information content (AvgIpc) is 1.62. The summed E-state index contributed by atoms with van der Waals surface area (Å²) in [6, 6.07) is 8.48. The van der Waals surface area contributed by atoms with Crippen LogP contribution < -0.4 is 47.2 Å². The molecule has 4 aliphatic heterocycles. The monoisotopic (exact) mass is 1340 g/mol. The van der Waals surface area contributed by atoms with Gasteiger partial charge in [0.1, 0.15) is 58.9 Å². The van der Waals surface area contributed by atoms with Crippen LogP contribution in [0.3, 0.4) is 0 Å². The number of primary amides is 1. The van der Waals surface area contributed by atoms with E-state index in [2.05, 4.69) is 26.6 Å². The molecule has 26 nitrogen and oxygen atoms in total. The quantitative estimate of drug-likeness (QED) is 0.0113. The number of aromatic nitrogens is 1. The third kappa shape index (κ3) is 17.0. The van der Waals surface area contributed by atoms with Gasteiger partial charge in [-0.3, -0.25) is 48.1 Å². The van der Waals surface area contributed by atoms with Crippen molar-refractivity contribution in [1.29, 1.82) is 0 Å². The van der Waals surface area contributed by atoms with Crippen LogP contribution in [0.4, 0.5) is 16.2 Å². The summed E-state index contributed by atoms with van der Waals surface area (Å²) in [6.45, 7) is 16.8. The summed E-state index contributed by atoms with van der Waals surface area (Å²) in [7, 11) is 1.45. The van der Waals surface area contributed by atoms with Gasteiger partial charge in [-0.2, -0.15) is 0 Å². The maximum atomic E-state index is 15.1. The summed E-state index contributed by atoms with van der Waals surface area (Å²) in [5, 5.41) is 36.8. The number of fused-ring (bicyclic) bond motifs is 2. The van der Waals surface area contributed by atoms with Gasteiger partial charge in [0.2, 0.25) is 23.2 Å². The first kappa shape index (κ1) is 72.9. The van der Waals surface area contributed by atoms with Crippen LogP contribution in [0.25, 0.3) is 33.3 Å². The van der Waals surface area contributed by atoms with Crippen molar-refractivity contribution in [2.75, 3.05) is 30.8 Å². The number of anilines is 2. The maximum absolute atomic E-state index is 15.1. The van der Waals surface area contributed by atoms with Gasteiger partial charge < -0.3 is 70.6 Å². The Hall–Kier alpha value is -9.95. The molecule has 8 amide bonds. The number of aliphatic hydroxyl groups excluding tert-OH is 1. The Kier molecular flexibility index (Phi) is 23.8. The first-order chi connectivity index (χ1) is 46.0. The van der Waals surface area contributed by atoms with E-state index in [-0.39, 0.29) is 130 Å². The van der Waals surface area contributed by atoms with E-state index >= 15 is 9.59 Å². The SMILES string of the molecule is CO[C@H]1/C=C/O[C@@]2(C)Oc3c(C)c(O)c4c(=O)c(c5oc6cccc(OCc7ccc(NC(=O)[C@H](CCCNC(N)=O)NC(=O)C(NC(=O)CCCCCN8C(=O)C=CC8=O)C(C)C)cc7)c6nc-5c4c3C2=O)NC(=O)/C(C)=C\C=C\[C@H](C)C[C@@H](C)[C@@H](O)[C@@H](C)[C@H](OC(C)=O)[C@@H]1C. The molecule has 4 bridgehead atoms. The number of unbranched alkanes of at least 4 members (excludes halogenated alkanes) is 2. The number of benzene rings is 4. The van der Waals surface area contributed by atoms with Gasteiger partial charge in [0, 0.05) is 86.7 Å². The molecule has 0 saturated carbocycles. The first-order valence-corrected chi connectivity index (χ1v) is 32.4. The smallest absolute Gasteiger partial charge is 0.312 e. The Bertz CT molecular complexity index is 3990. The second-order valence-corrected chi connectivity index (χ2v) is 25.5. The average molecular weight is 1340 g/mol. The normalized spacial score (nSPS) is 23.3. The third-order valence-electron chi connectivity index (χ3n) is 17.7. The Morgan fingerprint density at radius 2 is 1.61 bits per heavy atom. The molecule has 8 rings (SSSR count). The number of urea groups is 1. The molecule has 0 spiro atoms. The zero-order chi connectivity index (χ0) is 70.7. The number of allylic oxidation sites excluding steroid dienone is 3. The molecule has 3 aromatic carbocycles. The summed E-state index contributed by atoms with van der Waals surface area (Å²) >= 11 is 0. The fourth-order valence-corrected chi connectivity index (χ4v) is 12.3. The number of phenols is 1. The molecule has 0 fully saturated rings. The molecule has 0 radical (unpaired) electrons. The highest BCUT2D eigenvalue weighted by atomic mass is 16.7. The number of rotatable bonds is 21. The number of esters is 1. The van der Waals surface area contributed by atoms with Crippen LogP contribution in [0.2, 0.25) is 0 Å². The zero-order valence-electron chi connectivity index (χ0n) is 56.3. The van der Waals surface area contributed by atoms with E-state index in [0.29, 0.717) is 36.9 Å². The van der Waals surface area contributed by atoms with Gasteiger partial charge in [0.05, 0.1) is 29.4 Å². The number of imide groups is 1. The van der Waals surface area contributed by atoms with E-state index < -0.39 is 106 Å². The summed E-state index contributed by atoms with van der Waals surface area (Å²) in [6.07, 6.45) is 10.1. The lowest BCUT2D eigenvalue weighted by atomic mass is 9.79. The van der Waals surface area contributed by atoms with Crippen molar-refractivity contribution in [3.8, 4) is 28.7 Å². The number of phenolic OH excluding ortho intramolecular Hbond substituents is 1. The van der Waals surface area contributed by atoms with Crippen LogP contribution in [0.15, 0.2) is 100.0 Å². The fraction of sp³-hybridized carbons (Fsp3) is 0.451. The van der Waals surface area contributed by atoms with Gasteiger partial charge in [-0.15, -0.1) is 0 Å². The number of aromatic hydroxyl groups is 1. The molecule has 0 aromatic heterocycles. The minimum atomic E-state index is -2.13. The van der Waals surface area contributed by atoms with E-state index in [4.69, 9.17) is 38.8 Å². The van der Waals surface area contributed by atoms with Crippen LogP contribution in [-0.4, -0.2) is 130 Å². The third-order valence-corrected chi connectivity index (χ3v) is 17.7. The minimum absolute atomic E-state index is 0.00351. The number of para-hydroxylation sites is 1. The lowest BCUT2D eigenvalue weighted by Crippen LogP contribution is -2.54. The van der Waals surface area contributed by atoms with Crippen molar-refractivity contribution >= 4 is 86.5 Å². The fourth-order valence-electron chi connectivity index (χ4n) is 12.3. The molecule has 10 atom stereocenters. The number of hydrogen-bond acceptors (Lipinski definition) is 19. The number of aliphatic hydroxyl groups is 1. The van der Waals surface area contributed by atoms with Crippen LogP contribution in [0, 0.1) is 36.5 Å². The van der Waals surface area contributed by atoms with Gasteiger partial charge in [0.25, 0.3) is 23.5 Å². The van der Waals surface area contributed by atoms with E-state index in [0.717, 1.165) is 4.90 Å². The summed E-state index contributed by atoms with van der Waals surface area (Å²) in [5.74, 6) is -9.28. The standard InChI is InChI=1S/C71H86N8O18/c1-36(2)56(76-50(81)23-13-12-14-32-79-51(82)28-29-52(79)83)69(90)75-46(20-17-31-73-70(72)91)68(89)74-45-26-24-44(25-27-45)35-93-48-21-16-22-49-57(48)77-58-53-54-61(85)42(8)64-55(53)66(87)71(10,97-64)94-33-30-47(92-11)40(6)63(95-43(9)80)41(7)60(84)39(5)34-37(3)18-15-19-38(4)67(88)78-59(62(54)86)65(58)96-49/h15-16,18-19,21-22,24-30,33,36-37,39-41,46-47,56,60,63,84-85H,12-14,17,20,23,31-32,34-35H2,1-11H3,(H,74,89)(H,75,90)(H,76,81)(H,78,88)(H3,72,73,91)/b18-15+,33-30+,38-19-/t37-,39+,40+,41+,46-,47-,56?,60+,63+,71-/m0/s1. The predicted molar refractivity (Wildman–Crippen MR) is 359 cm³/mol. The highest BCUT2D eigenvalue weighted by molar-refractivity contribution is 6.22. The van der Waals surface area contributed by atoms with Gasteiger partial charge in [-0.05, 0) is 99.6 Å². The number of carbonyl (C=O) groups excluding carboxylic acids is 9. The maximum Gasteiger partial charge on any atom is 0.312 e. The molecule has 5 aliphatic rings.